The molecule has 88 valence electrons. The highest BCUT2D eigenvalue weighted by molar-refractivity contribution is 9.09. The maximum atomic E-state index is 11.8. The molecule has 0 aliphatic carbocycles. The molecular weight excluding hydrogens is 270 g/mol. The van der Waals surface area contributed by atoms with Gasteiger partial charge in [-0.25, -0.2) is 0 Å². The molecule has 0 saturated heterocycles. The molecule has 1 aromatic carbocycles. The Hall–Kier alpha value is -1.03. The van der Waals surface area contributed by atoms with E-state index in [0.29, 0.717) is 18.0 Å². The van der Waals surface area contributed by atoms with Crippen LogP contribution < -0.4 is 5.32 Å². The largest absolute Gasteiger partial charge is 0.507 e. The molecule has 0 aliphatic heterocycles. The molecular formula is C12H16BrNO2. The van der Waals surface area contributed by atoms with Gasteiger partial charge in [-0.15, -0.1) is 0 Å². The zero-order chi connectivity index (χ0) is 12.1. The van der Waals surface area contributed by atoms with E-state index in [1.54, 1.807) is 12.1 Å². The molecule has 1 amide bonds. The Labute approximate surface area is 104 Å². The first-order valence-corrected chi connectivity index (χ1v) is 6.30. The predicted molar refractivity (Wildman–Crippen MR) is 68.1 cm³/mol. The lowest BCUT2D eigenvalue weighted by molar-refractivity contribution is 0.0946. The molecule has 1 rings (SSSR count). The topological polar surface area (TPSA) is 49.3 Å². The number of aryl methyl sites for hydroxylation is 1. The fraction of sp³-hybridized carbons (Fsp3) is 0.417. The van der Waals surface area contributed by atoms with Crippen molar-refractivity contribution in [2.24, 2.45) is 5.92 Å². The molecule has 0 bridgehead atoms. The third kappa shape index (κ3) is 3.52. The van der Waals surface area contributed by atoms with Crippen molar-refractivity contribution in [3.05, 3.63) is 29.3 Å². The Kier molecular flexibility index (Phi) is 4.80. The van der Waals surface area contributed by atoms with Crippen LogP contribution in [0, 0.1) is 12.8 Å². The van der Waals surface area contributed by atoms with Gasteiger partial charge in [0.05, 0.1) is 5.56 Å². The predicted octanol–water partition coefficient (Wildman–Crippen LogP) is 2.46. The number of amides is 1. The first kappa shape index (κ1) is 13.0. The zero-order valence-electron chi connectivity index (χ0n) is 9.46. The van der Waals surface area contributed by atoms with E-state index < -0.39 is 0 Å². The van der Waals surface area contributed by atoms with Gasteiger partial charge in [0.25, 0.3) is 5.91 Å². The molecule has 16 heavy (non-hydrogen) atoms. The van der Waals surface area contributed by atoms with Gasteiger partial charge in [0.15, 0.2) is 0 Å². The van der Waals surface area contributed by atoms with Gasteiger partial charge in [0.1, 0.15) is 5.75 Å². The highest BCUT2D eigenvalue weighted by Crippen LogP contribution is 2.17. The normalized spacial score (nSPS) is 12.2. The summed E-state index contributed by atoms with van der Waals surface area (Å²) in [5.41, 5.74) is 1.29. The Bertz CT molecular complexity index is 379. The van der Waals surface area contributed by atoms with Crippen molar-refractivity contribution >= 4 is 21.8 Å². The molecule has 1 unspecified atom stereocenters. The number of rotatable bonds is 4. The van der Waals surface area contributed by atoms with Crippen LogP contribution in [0.2, 0.25) is 0 Å². The number of halogens is 1. The van der Waals surface area contributed by atoms with Crippen LogP contribution in [-0.2, 0) is 0 Å². The van der Waals surface area contributed by atoms with Crippen molar-refractivity contribution in [2.45, 2.75) is 13.8 Å². The summed E-state index contributed by atoms with van der Waals surface area (Å²) >= 11 is 3.35. The number of aromatic hydroxyl groups is 1. The minimum atomic E-state index is -0.228. The Morgan fingerprint density at radius 2 is 2.25 bits per heavy atom. The number of nitrogens with one attached hydrogen (secondary N) is 1. The average molecular weight is 286 g/mol. The molecule has 0 saturated carbocycles. The minimum Gasteiger partial charge on any atom is -0.507 e. The number of phenolic OH excluding ortho intramolecular Hbond substituents is 1. The molecule has 0 aromatic heterocycles. The standard InChI is InChI=1S/C12H16BrNO2/c1-8-3-4-11(15)10(5-8)12(16)14-7-9(2)6-13/h3-5,9,15H,6-7H2,1-2H3,(H,14,16). The molecule has 0 fully saturated rings. The quantitative estimate of drug-likeness (QED) is 0.835. The van der Waals surface area contributed by atoms with Crippen LogP contribution in [0.25, 0.3) is 0 Å². The number of hydrogen-bond acceptors (Lipinski definition) is 2. The summed E-state index contributed by atoms with van der Waals surface area (Å²) in [6, 6.07) is 4.99. The average Bonchev–Trinajstić information content (AvgIpc) is 2.28. The van der Waals surface area contributed by atoms with Crippen molar-refractivity contribution in [2.75, 3.05) is 11.9 Å². The van der Waals surface area contributed by atoms with Crippen molar-refractivity contribution in [3.8, 4) is 5.75 Å². The molecule has 0 radical (unpaired) electrons. The van der Waals surface area contributed by atoms with Crippen LogP contribution in [0.1, 0.15) is 22.8 Å². The van der Waals surface area contributed by atoms with E-state index in [9.17, 15) is 9.90 Å². The third-order valence-electron chi connectivity index (χ3n) is 2.27. The lowest BCUT2D eigenvalue weighted by Gasteiger charge is -2.10. The molecule has 3 nitrogen and oxygen atoms in total. The summed E-state index contributed by atoms with van der Waals surface area (Å²) in [6.07, 6.45) is 0. The van der Waals surface area contributed by atoms with Gasteiger partial charge < -0.3 is 10.4 Å². The van der Waals surface area contributed by atoms with Crippen molar-refractivity contribution in [1.29, 1.82) is 0 Å². The monoisotopic (exact) mass is 285 g/mol. The molecule has 1 aromatic rings. The van der Waals surface area contributed by atoms with E-state index in [4.69, 9.17) is 0 Å². The molecule has 2 N–H and O–H groups in total. The van der Waals surface area contributed by atoms with Gasteiger partial charge in [-0.2, -0.15) is 0 Å². The summed E-state index contributed by atoms with van der Waals surface area (Å²) in [5.74, 6) is 0.166. The fourth-order valence-electron chi connectivity index (χ4n) is 1.25. The smallest absolute Gasteiger partial charge is 0.255 e. The van der Waals surface area contributed by atoms with Crippen LogP contribution in [0.3, 0.4) is 0 Å². The maximum Gasteiger partial charge on any atom is 0.255 e. The van der Waals surface area contributed by atoms with E-state index >= 15 is 0 Å². The molecule has 0 aliphatic rings. The fourth-order valence-corrected chi connectivity index (χ4v) is 1.48. The lowest BCUT2D eigenvalue weighted by Crippen LogP contribution is -2.28. The SMILES string of the molecule is Cc1ccc(O)c(C(=O)NCC(C)CBr)c1. The van der Waals surface area contributed by atoms with E-state index in [1.807, 2.05) is 13.8 Å². The maximum absolute atomic E-state index is 11.8. The van der Waals surface area contributed by atoms with E-state index in [2.05, 4.69) is 21.2 Å². The van der Waals surface area contributed by atoms with Gasteiger partial charge in [-0.3, -0.25) is 4.79 Å². The summed E-state index contributed by atoms with van der Waals surface area (Å²) in [5, 5.41) is 13.2. The van der Waals surface area contributed by atoms with Crippen molar-refractivity contribution in [1.82, 2.24) is 5.32 Å². The van der Waals surface area contributed by atoms with Crippen LogP contribution in [-0.4, -0.2) is 22.9 Å². The van der Waals surface area contributed by atoms with E-state index in [-0.39, 0.29) is 11.7 Å². The second kappa shape index (κ2) is 5.89. The van der Waals surface area contributed by atoms with Gasteiger partial charge >= 0.3 is 0 Å². The number of carbonyl (C=O) groups is 1. The highest BCUT2D eigenvalue weighted by atomic mass is 79.9. The van der Waals surface area contributed by atoms with Crippen LogP contribution in [0.4, 0.5) is 0 Å². The van der Waals surface area contributed by atoms with E-state index in [0.717, 1.165) is 10.9 Å². The van der Waals surface area contributed by atoms with Gasteiger partial charge in [0.2, 0.25) is 0 Å². The van der Waals surface area contributed by atoms with Crippen LogP contribution >= 0.6 is 15.9 Å². The van der Waals surface area contributed by atoms with Gasteiger partial charge in [-0.1, -0.05) is 34.5 Å². The number of phenols is 1. The molecule has 1 atom stereocenters. The van der Waals surface area contributed by atoms with Crippen LogP contribution in [0.5, 0.6) is 5.75 Å². The first-order chi connectivity index (χ1) is 7.54. The number of carbonyl (C=O) groups excluding carboxylic acids is 1. The molecule has 4 heteroatoms. The van der Waals surface area contributed by atoms with Crippen molar-refractivity contribution < 1.29 is 9.90 Å². The minimum absolute atomic E-state index is 0.0228. The first-order valence-electron chi connectivity index (χ1n) is 5.18. The Balaban J connectivity index is 2.69. The Morgan fingerprint density at radius 1 is 1.56 bits per heavy atom. The second-order valence-electron chi connectivity index (χ2n) is 3.99. The van der Waals surface area contributed by atoms with Crippen LogP contribution in [0.15, 0.2) is 18.2 Å². The van der Waals surface area contributed by atoms with E-state index in [1.165, 1.54) is 6.07 Å². The van der Waals surface area contributed by atoms with Gasteiger partial charge in [-0.05, 0) is 25.0 Å². The van der Waals surface area contributed by atoms with Crippen molar-refractivity contribution in [3.63, 3.8) is 0 Å². The van der Waals surface area contributed by atoms with Gasteiger partial charge in [0, 0.05) is 11.9 Å². The summed E-state index contributed by atoms with van der Waals surface area (Å²) < 4.78 is 0. The highest BCUT2D eigenvalue weighted by Gasteiger charge is 2.11. The Morgan fingerprint density at radius 3 is 2.88 bits per heavy atom. The zero-order valence-corrected chi connectivity index (χ0v) is 11.0. The number of benzene rings is 1. The molecule has 0 spiro atoms. The summed E-state index contributed by atoms with van der Waals surface area (Å²) in [7, 11) is 0. The lowest BCUT2D eigenvalue weighted by atomic mass is 10.1. The third-order valence-corrected chi connectivity index (χ3v) is 3.38. The second-order valence-corrected chi connectivity index (χ2v) is 4.64. The summed E-state index contributed by atoms with van der Waals surface area (Å²) in [4.78, 5) is 11.8. The number of hydrogen-bond donors (Lipinski definition) is 2. The summed E-state index contributed by atoms with van der Waals surface area (Å²) in [6.45, 7) is 4.51. The number of alkyl halides is 1. The molecule has 0 heterocycles.